The summed E-state index contributed by atoms with van der Waals surface area (Å²) in [6.45, 7) is 12.9. The minimum Gasteiger partial charge on any atom is -0.370 e. The Morgan fingerprint density at radius 2 is 1.62 bits per heavy atom. The standard InChI is InChI=1S/C20H26N4O.C4H8/c1-7-21-18-16-10-14(5)20(25)24(19(16)23-15(6)22-18)17-12(3)8-11(2)9-13(17)4;1-2-4-3-1/h8-9,14H,7,10H2,1-6H3,(H,21,22,23);1-4H2. The van der Waals surface area contributed by atoms with Gasteiger partial charge in [-0.2, -0.15) is 0 Å². The van der Waals surface area contributed by atoms with E-state index in [2.05, 4.69) is 48.2 Å². The van der Waals surface area contributed by atoms with Crippen molar-refractivity contribution in [3.05, 3.63) is 40.2 Å². The fourth-order valence-corrected chi connectivity index (χ4v) is 3.98. The lowest BCUT2D eigenvalue weighted by molar-refractivity contribution is -0.121. The van der Waals surface area contributed by atoms with E-state index in [4.69, 9.17) is 0 Å². The molecule has 0 radical (unpaired) electrons. The second-order valence-corrected chi connectivity index (χ2v) is 8.39. The molecule has 1 atom stereocenters. The molecule has 1 unspecified atom stereocenters. The van der Waals surface area contributed by atoms with Crippen LogP contribution in [0.3, 0.4) is 0 Å². The summed E-state index contributed by atoms with van der Waals surface area (Å²) in [6.07, 6.45) is 6.66. The normalized spacial score (nSPS) is 17.8. The second-order valence-electron chi connectivity index (χ2n) is 8.39. The zero-order valence-corrected chi connectivity index (χ0v) is 18.7. The van der Waals surface area contributed by atoms with Crippen LogP contribution in [0.1, 0.15) is 67.6 Å². The molecule has 1 aromatic carbocycles. The van der Waals surface area contributed by atoms with Gasteiger partial charge in [-0.15, -0.1) is 0 Å². The van der Waals surface area contributed by atoms with Gasteiger partial charge in [-0.25, -0.2) is 9.97 Å². The predicted molar refractivity (Wildman–Crippen MR) is 120 cm³/mol. The van der Waals surface area contributed by atoms with Crippen molar-refractivity contribution < 1.29 is 4.79 Å². The van der Waals surface area contributed by atoms with Crippen molar-refractivity contribution in [2.24, 2.45) is 5.92 Å². The molecule has 2 aromatic rings. The van der Waals surface area contributed by atoms with Gasteiger partial charge in [-0.3, -0.25) is 9.69 Å². The summed E-state index contributed by atoms with van der Waals surface area (Å²) in [6, 6.07) is 4.24. The van der Waals surface area contributed by atoms with Crippen molar-refractivity contribution in [2.75, 3.05) is 16.8 Å². The summed E-state index contributed by atoms with van der Waals surface area (Å²) in [5, 5.41) is 3.33. The third-order valence-corrected chi connectivity index (χ3v) is 5.66. The molecule has 0 saturated heterocycles. The SMILES string of the molecule is C1CCC1.CCNc1nc(C)nc2c1CC(C)C(=O)N2c1c(C)cc(C)cc1C. The number of aryl methyl sites for hydroxylation is 4. The van der Waals surface area contributed by atoms with Crippen LogP contribution in [-0.2, 0) is 11.2 Å². The molecule has 1 fully saturated rings. The first-order valence-corrected chi connectivity index (χ1v) is 10.9. The third-order valence-electron chi connectivity index (χ3n) is 5.66. The van der Waals surface area contributed by atoms with Gasteiger partial charge in [0.05, 0.1) is 5.69 Å². The van der Waals surface area contributed by atoms with Crippen LogP contribution in [0, 0.1) is 33.6 Å². The maximum atomic E-state index is 13.1. The minimum atomic E-state index is -0.101. The molecule has 5 nitrogen and oxygen atoms in total. The minimum absolute atomic E-state index is 0.100. The molecule has 1 N–H and O–H groups in total. The highest BCUT2D eigenvalue weighted by molar-refractivity contribution is 6.05. The van der Waals surface area contributed by atoms with Gasteiger partial charge in [0.1, 0.15) is 17.5 Å². The Bertz CT molecular complexity index is 875. The first-order chi connectivity index (χ1) is 13.8. The molecule has 5 heteroatoms. The van der Waals surface area contributed by atoms with Gasteiger partial charge in [0, 0.05) is 18.0 Å². The van der Waals surface area contributed by atoms with Crippen molar-refractivity contribution in [3.63, 3.8) is 0 Å². The number of rotatable bonds is 3. The monoisotopic (exact) mass is 394 g/mol. The number of carbonyl (C=O) groups is 1. The summed E-state index contributed by atoms with van der Waals surface area (Å²) in [4.78, 5) is 24.1. The largest absolute Gasteiger partial charge is 0.370 e. The average Bonchev–Trinajstić information content (AvgIpc) is 2.57. The number of amides is 1. The van der Waals surface area contributed by atoms with Crippen molar-refractivity contribution in [1.82, 2.24) is 9.97 Å². The van der Waals surface area contributed by atoms with E-state index in [0.717, 1.165) is 40.6 Å². The molecule has 2 aliphatic rings. The van der Waals surface area contributed by atoms with Gasteiger partial charge >= 0.3 is 0 Å². The highest BCUT2D eigenvalue weighted by atomic mass is 16.2. The Morgan fingerprint density at radius 3 is 2.14 bits per heavy atom. The van der Waals surface area contributed by atoms with Gasteiger partial charge in [0.25, 0.3) is 0 Å². The van der Waals surface area contributed by atoms with Crippen LogP contribution in [-0.4, -0.2) is 22.4 Å². The maximum Gasteiger partial charge on any atom is 0.235 e. The Morgan fingerprint density at radius 1 is 1.03 bits per heavy atom. The van der Waals surface area contributed by atoms with Crippen LogP contribution in [0.2, 0.25) is 0 Å². The van der Waals surface area contributed by atoms with Gasteiger partial charge in [0.2, 0.25) is 5.91 Å². The van der Waals surface area contributed by atoms with Gasteiger partial charge in [-0.05, 0) is 52.2 Å². The molecule has 1 aromatic heterocycles. The van der Waals surface area contributed by atoms with E-state index in [-0.39, 0.29) is 11.8 Å². The van der Waals surface area contributed by atoms with Gasteiger partial charge in [0.15, 0.2) is 0 Å². The maximum absolute atomic E-state index is 13.1. The lowest BCUT2D eigenvalue weighted by atomic mass is 9.93. The number of aromatic nitrogens is 2. The first-order valence-electron chi connectivity index (χ1n) is 10.9. The molecule has 4 rings (SSSR count). The molecule has 2 heterocycles. The van der Waals surface area contributed by atoms with Crippen LogP contribution in [0.4, 0.5) is 17.3 Å². The second kappa shape index (κ2) is 8.93. The molecule has 1 aliphatic heterocycles. The molecule has 29 heavy (non-hydrogen) atoms. The number of hydrogen-bond donors (Lipinski definition) is 1. The summed E-state index contributed by atoms with van der Waals surface area (Å²) >= 11 is 0. The Kier molecular flexibility index (Phi) is 6.56. The lowest BCUT2D eigenvalue weighted by Gasteiger charge is -2.34. The molecular formula is C24H34N4O. The third kappa shape index (κ3) is 4.44. The number of benzene rings is 1. The predicted octanol–water partition coefficient (Wildman–Crippen LogP) is 5.56. The van der Waals surface area contributed by atoms with E-state index in [1.807, 2.05) is 25.7 Å². The molecule has 156 valence electrons. The van der Waals surface area contributed by atoms with Crippen molar-refractivity contribution in [1.29, 1.82) is 0 Å². The Balaban J connectivity index is 0.000000536. The Labute approximate surface area is 175 Å². The summed E-state index contributed by atoms with van der Waals surface area (Å²) in [5.41, 5.74) is 5.35. The lowest BCUT2D eigenvalue weighted by Crippen LogP contribution is -2.39. The van der Waals surface area contributed by atoms with E-state index in [9.17, 15) is 4.79 Å². The number of carbonyl (C=O) groups excluding carboxylic acids is 1. The average molecular weight is 395 g/mol. The fraction of sp³-hybridized carbons (Fsp3) is 0.542. The number of fused-ring (bicyclic) bond motifs is 1. The van der Waals surface area contributed by atoms with Crippen LogP contribution >= 0.6 is 0 Å². The summed E-state index contributed by atoms with van der Waals surface area (Å²) < 4.78 is 0. The number of anilines is 3. The highest BCUT2D eigenvalue weighted by Crippen LogP contribution is 2.40. The fourth-order valence-electron chi connectivity index (χ4n) is 3.98. The number of nitrogens with zero attached hydrogens (tertiary/aromatic N) is 3. The van der Waals surface area contributed by atoms with Crippen molar-refractivity contribution >= 4 is 23.2 Å². The van der Waals surface area contributed by atoms with Crippen LogP contribution in [0.25, 0.3) is 0 Å². The summed E-state index contributed by atoms with van der Waals surface area (Å²) in [7, 11) is 0. The zero-order chi connectivity index (χ0) is 21.1. The molecule has 1 saturated carbocycles. The van der Waals surface area contributed by atoms with Crippen molar-refractivity contribution in [3.8, 4) is 0 Å². The van der Waals surface area contributed by atoms with Crippen LogP contribution in [0.5, 0.6) is 0 Å². The quantitative estimate of drug-likeness (QED) is 0.740. The molecular weight excluding hydrogens is 360 g/mol. The van der Waals surface area contributed by atoms with Crippen LogP contribution < -0.4 is 10.2 Å². The smallest absolute Gasteiger partial charge is 0.235 e. The van der Waals surface area contributed by atoms with Crippen LogP contribution in [0.15, 0.2) is 12.1 Å². The number of hydrogen-bond acceptors (Lipinski definition) is 4. The molecule has 0 bridgehead atoms. The van der Waals surface area contributed by atoms with Crippen molar-refractivity contribution in [2.45, 2.75) is 73.6 Å². The first kappa shape index (κ1) is 21.3. The molecule has 0 spiro atoms. The van der Waals surface area contributed by atoms with E-state index in [1.54, 1.807) is 0 Å². The molecule has 1 aliphatic carbocycles. The van der Waals surface area contributed by atoms with Gasteiger partial charge < -0.3 is 5.32 Å². The van der Waals surface area contributed by atoms with E-state index in [1.165, 1.54) is 31.2 Å². The topological polar surface area (TPSA) is 58.1 Å². The molecule has 1 amide bonds. The van der Waals surface area contributed by atoms with E-state index in [0.29, 0.717) is 12.2 Å². The number of nitrogens with one attached hydrogen (secondary N) is 1. The summed E-state index contributed by atoms with van der Waals surface area (Å²) in [5.74, 6) is 2.24. The van der Waals surface area contributed by atoms with E-state index >= 15 is 0 Å². The zero-order valence-electron chi connectivity index (χ0n) is 18.7. The van der Waals surface area contributed by atoms with E-state index < -0.39 is 0 Å². The Hall–Kier alpha value is -2.43. The van der Waals surface area contributed by atoms with Gasteiger partial charge in [-0.1, -0.05) is 50.3 Å². The highest BCUT2D eigenvalue weighted by Gasteiger charge is 2.36.